The molecule has 0 unspecified atom stereocenters. The van der Waals surface area contributed by atoms with E-state index in [2.05, 4.69) is 28.1 Å². The van der Waals surface area contributed by atoms with E-state index in [9.17, 15) is 4.39 Å². The number of hydrogen-bond donors (Lipinski definition) is 1. The standard InChI is InChI=1S/C16H14BrClFN/c17-14-12-8-16(9-20,11-4-2-1-3-5-11)7-10(12)6-13(19)15(14)18/h1-6H,7-9,20H2/t16-/m1/s1. The molecule has 0 spiro atoms. The fraction of sp³-hybridized carbons (Fsp3) is 0.250. The van der Waals surface area contributed by atoms with Crippen LogP contribution in [-0.2, 0) is 18.3 Å². The highest BCUT2D eigenvalue weighted by molar-refractivity contribution is 9.10. The summed E-state index contributed by atoms with van der Waals surface area (Å²) in [6.45, 7) is 0.525. The summed E-state index contributed by atoms with van der Waals surface area (Å²) < 4.78 is 14.5. The molecule has 1 aliphatic rings. The van der Waals surface area contributed by atoms with Gasteiger partial charge in [-0.05, 0) is 51.5 Å². The number of benzene rings is 2. The first-order valence-electron chi connectivity index (χ1n) is 6.48. The minimum Gasteiger partial charge on any atom is -0.330 e. The first-order chi connectivity index (χ1) is 9.57. The number of fused-ring (bicyclic) bond motifs is 1. The number of halogens is 3. The number of hydrogen-bond acceptors (Lipinski definition) is 1. The van der Waals surface area contributed by atoms with E-state index in [1.165, 1.54) is 5.56 Å². The lowest BCUT2D eigenvalue weighted by atomic mass is 9.78. The van der Waals surface area contributed by atoms with Gasteiger partial charge in [0.05, 0.1) is 5.02 Å². The lowest BCUT2D eigenvalue weighted by Gasteiger charge is -2.28. The van der Waals surface area contributed by atoms with Gasteiger partial charge in [0.15, 0.2) is 0 Å². The molecular weight excluding hydrogens is 341 g/mol. The van der Waals surface area contributed by atoms with Crippen LogP contribution in [0.4, 0.5) is 4.39 Å². The van der Waals surface area contributed by atoms with Crippen LogP contribution in [0.15, 0.2) is 40.9 Å². The van der Waals surface area contributed by atoms with Crippen LogP contribution in [-0.4, -0.2) is 6.54 Å². The Balaban J connectivity index is 2.10. The van der Waals surface area contributed by atoms with Gasteiger partial charge in [0.25, 0.3) is 0 Å². The molecule has 0 bridgehead atoms. The molecular formula is C16H14BrClFN. The number of rotatable bonds is 2. The molecule has 1 nitrogen and oxygen atoms in total. The second-order valence-corrected chi connectivity index (χ2v) is 6.50. The van der Waals surface area contributed by atoms with Crippen molar-refractivity contribution in [3.05, 3.63) is 68.4 Å². The maximum Gasteiger partial charge on any atom is 0.143 e. The Morgan fingerprint density at radius 1 is 1.25 bits per heavy atom. The van der Waals surface area contributed by atoms with Gasteiger partial charge in [-0.3, -0.25) is 0 Å². The van der Waals surface area contributed by atoms with E-state index in [0.29, 0.717) is 11.0 Å². The van der Waals surface area contributed by atoms with Crippen LogP contribution < -0.4 is 5.73 Å². The smallest absolute Gasteiger partial charge is 0.143 e. The van der Waals surface area contributed by atoms with Crippen LogP contribution in [0.5, 0.6) is 0 Å². The first kappa shape index (κ1) is 14.1. The largest absolute Gasteiger partial charge is 0.330 e. The maximum absolute atomic E-state index is 13.8. The summed E-state index contributed by atoms with van der Waals surface area (Å²) in [6.07, 6.45) is 1.53. The highest BCUT2D eigenvalue weighted by Gasteiger charge is 2.39. The minimum atomic E-state index is -0.377. The molecule has 1 atom stereocenters. The molecule has 0 saturated heterocycles. The summed E-state index contributed by atoms with van der Waals surface area (Å²) in [5.41, 5.74) is 9.17. The Morgan fingerprint density at radius 3 is 2.60 bits per heavy atom. The normalized spacial score (nSPS) is 21.0. The van der Waals surface area contributed by atoms with Gasteiger partial charge in [-0.2, -0.15) is 0 Å². The van der Waals surface area contributed by atoms with Crippen molar-refractivity contribution in [1.29, 1.82) is 0 Å². The molecule has 0 aromatic heterocycles. The molecule has 3 rings (SSSR count). The number of nitrogens with two attached hydrogens (primary N) is 1. The Labute approximate surface area is 131 Å². The molecule has 20 heavy (non-hydrogen) atoms. The quantitative estimate of drug-likeness (QED) is 0.802. The molecule has 0 heterocycles. The van der Waals surface area contributed by atoms with Crippen LogP contribution in [0.1, 0.15) is 16.7 Å². The van der Waals surface area contributed by atoms with Crippen molar-refractivity contribution in [3.8, 4) is 0 Å². The highest BCUT2D eigenvalue weighted by atomic mass is 79.9. The van der Waals surface area contributed by atoms with Crippen LogP contribution in [0.3, 0.4) is 0 Å². The van der Waals surface area contributed by atoms with Crippen LogP contribution in [0, 0.1) is 5.82 Å². The topological polar surface area (TPSA) is 26.0 Å². The average molecular weight is 355 g/mol. The van der Waals surface area contributed by atoms with Crippen LogP contribution in [0.25, 0.3) is 0 Å². The van der Waals surface area contributed by atoms with Crippen LogP contribution in [0.2, 0.25) is 5.02 Å². The summed E-state index contributed by atoms with van der Waals surface area (Å²) in [6, 6.07) is 11.7. The monoisotopic (exact) mass is 353 g/mol. The summed E-state index contributed by atoms with van der Waals surface area (Å²) in [7, 11) is 0. The predicted octanol–water partition coefficient (Wildman–Crippen LogP) is 4.24. The van der Waals surface area contributed by atoms with Gasteiger partial charge in [-0.25, -0.2) is 4.39 Å². The average Bonchev–Trinajstić information content (AvgIpc) is 2.86. The van der Waals surface area contributed by atoms with Gasteiger partial charge < -0.3 is 5.73 Å². The van der Waals surface area contributed by atoms with E-state index in [4.69, 9.17) is 17.3 Å². The summed E-state index contributed by atoms with van der Waals surface area (Å²) in [5.74, 6) is -0.377. The minimum absolute atomic E-state index is 0.157. The van der Waals surface area contributed by atoms with Gasteiger partial charge in [-0.1, -0.05) is 41.9 Å². The summed E-state index contributed by atoms with van der Waals surface area (Å²) in [4.78, 5) is 0. The summed E-state index contributed by atoms with van der Waals surface area (Å²) >= 11 is 9.41. The molecule has 0 radical (unpaired) electrons. The van der Waals surface area contributed by atoms with Crippen molar-refractivity contribution in [1.82, 2.24) is 0 Å². The van der Waals surface area contributed by atoms with E-state index in [1.54, 1.807) is 6.07 Å². The van der Waals surface area contributed by atoms with E-state index >= 15 is 0 Å². The first-order valence-corrected chi connectivity index (χ1v) is 7.65. The molecule has 0 amide bonds. The van der Waals surface area contributed by atoms with Crippen molar-refractivity contribution >= 4 is 27.5 Å². The fourth-order valence-electron chi connectivity index (χ4n) is 3.05. The highest BCUT2D eigenvalue weighted by Crippen LogP contribution is 2.44. The lowest BCUT2D eigenvalue weighted by Crippen LogP contribution is -2.35. The Hall–Kier alpha value is -0.900. The van der Waals surface area contributed by atoms with E-state index in [1.807, 2.05) is 18.2 Å². The maximum atomic E-state index is 13.8. The zero-order valence-electron chi connectivity index (χ0n) is 10.8. The zero-order valence-corrected chi connectivity index (χ0v) is 13.1. The predicted molar refractivity (Wildman–Crippen MR) is 83.7 cm³/mol. The molecule has 0 saturated carbocycles. The molecule has 1 aliphatic carbocycles. The van der Waals surface area contributed by atoms with E-state index < -0.39 is 0 Å². The third-order valence-corrected chi connectivity index (χ3v) is 5.65. The zero-order chi connectivity index (χ0) is 14.3. The Bertz CT molecular complexity index is 659. The van der Waals surface area contributed by atoms with Gasteiger partial charge in [0, 0.05) is 16.4 Å². The molecule has 2 aromatic rings. The molecule has 0 fully saturated rings. The van der Waals surface area contributed by atoms with Crippen molar-refractivity contribution in [2.24, 2.45) is 5.73 Å². The van der Waals surface area contributed by atoms with Gasteiger partial charge >= 0.3 is 0 Å². The molecule has 0 aliphatic heterocycles. The third-order valence-electron chi connectivity index (χ3n) is 4.18. The molecule has 104 valence electrons. The van der Waals surface area contributed by atoms with Crippen molar-refractivity contribution in [3.63, 3.8) is 0 Å². The van der Waals surface area contributed by atoms with Crippen molar-refractivity contribution in [2.75, 3.05) is 6.54 Å². The van der Waals surface area contributed by atoms with E-state index in [0.717, 1.165) is 24.0 Å². The Morgan fingerprint density at radius 2 is 1.95 bits per heavy atom. The van der Waals surface area contributed by atoms with Gasteiger partial charge in [0.2, 0.25) is 0 Å². The molecule has 2 N–H and O–H groups in total. The summed E-state index contributed by atoms with van der Waals surface area (Å²) in [5, 5.41) is 0.157. The van der Waals surface area contributed by atoms with Gasteiger partial charge in [-0.15, -0.1) is 0 Å². The molecule has 2 aromatic carbocycles. The third kappa shape index (κ3) is 2.09. The van der Waals surface area contributed by atoms with Crippen molar-refractivity contribution in [2.45, 2.75) is 18.3 Å². The van der Waals surface area contributed by atoms with E-state index in [-0.39, 0.29) is 16.3 Å². The SMILES string of the molecule is NC[C@@]1(c2ccccc2)Cc2cc(F)c(Cl)c(Br)c2C1. The second-order valence-electron chi connectivity index (χ2n) is 5.33. The second kappa shape index (κ2) is 5.14. The lowest BCUT2D eigenvalue weighted by molar-refractivity contribution is 0.463. The fourth-order valence-corrected chi connectivity index (χ4v) is 3.81. The van der Waals surface area contributed by atoms with Crippen LogP contribution >= 0.6 is 27.5 Å². The molecule has 4 heteroatoms. The Kier molecular flexibility index (Phi) is 3.61. The van der Waals surface area contributed by atoms with Crippen molar-refractivity contribution < 1.29 is 4.39 Å². The van der Waals surface area contributed by atoms with Gasteiger partial charge in [0.1, 0.15) is 5.82 Å².